The van der Waals surface area contributed by atoms with Crippen molar-refractivity contribution in [2.24, 2.45) is 5.14 Å². The first-order valence-electron chi connectivity index (χ1n) is 4.77. The van der Waals surface area contributed by atoms with Crippen LogP contribution in [-0.2, 0) is 10.0 Å². The Labute approximate surface area is 91.4 Å². The Kier molecular flexibility index (Phi) is 2.94. The fraction of sp³-hybridized carbons (Fsp3) is 0.455. The molecule has 0 saturated carbocycles. The van der Waals surface area contributed by atoms with Gasteiger partial charge < -0.3 is 0 Å². The second-order valence-electron chi connectivity index (χ2n) is 4.00. The Morgan fingerprint density at radius 2 is 1.00 bits per heavy atom. The fourth-order valence-corrected chi connectivity index (χ4v) is 3.05. The van der Waals surface area contributed by atoms with Crippen LogP contribution in [0.2, 0.25) is 0 Å². The molecule has 1 aromatic rings. The maximum Gasteiger partial charge on any atom is 0.238 e. The summed E-state index contributed by atoms with van der Waals surface area (Å²) in [6.07, 6.45) is 0. The van der Waals surface area contributed by atoms with Crippen molar-refractivity contribution in [3.8, 4) is 0 Å². The highest BCUT2D eigenvalue weighted by molar-refractivity contribution is 7.89. The van der Waals surface area contributed by atoms with Crippen LogP contribution in [0, 0.1) is 34.6 Å². The molecule has 0 amide bonds. The van der Waals surface area contributed by atoms with Gasteiger partial charge in [0.05, 0.1) is 4.90 Å². The van der Waals surface area contributed by atoms with E-state index in [2.05, 4.69) is 0 Å². The third-order valence-corrected chi connectivity index (χ3v) is 4.40. The van der Waals surface area contributed by atoms with E-state index in [9.17, 15) is 8.42 Å². The van der Waals surface area contributed by atoms with Crippen LogP contribution in [0.4, 0.5) is 0 Å². The first kappa shape index (κ1) is 12.2. The van der Waals surface area contributed by atoms with E-state index in [1.54, 1.807) is 13.8 Å². The van der Waals surface area contributed by atoms with E-state index in [-0.39, 0.29) is 4.90 Å². The van der Waals surface area contributed by atoms with Crippen LogP contribution >= 0.6 is 0 Å². The van der Waals surface area contributed by atoms with Crippen LogP contribution in [0.15, 0.2) is 4.90 Å². The highest BCUT2D eigenvalue weighted by Crippen LogP contribution is 2.28. The quantitative estimate of drug-likeness (QED) is 0.796. The minimum absolute atomic E-state index is 0.281. The zero-order valence-corrected chi connectivity index (χ0v) is 10.6. The molecule has 15 heavy (non-hydrogen) atoms. The van der Waals surface area contributed by atoms with E-state index in [4.69, 9.17) is 5.14 Å². The van der Waals surface area contributed by atoms with Gasteiger partial charge in [0.1, 0.15) is 0 Å². The van der Waals surface area contributed by atoms with Gasteiger partial charge in [-0.15, -0.1) is 0 Å². The van der Waals surface area contributed by atoms with Crippen molar-refractivity contribution in [1.29, 1.82) is 0 Å². The van der Waals surface area contributed by atoms with E-state index < -0.39 is 10.0 Å². The molecule has 0 saturated heterocycles. The van der Waals surface area contributed by atoms with Gasteiger partial charge in [0.2, 0.25) is 10.0 Å². The topological polar surface area (TPSA) is 60.2 Å². The molecule has 2 N–H and O–H groups in total. The van der Waals surface area contributed by atoms with Gasteiger partial charge in [-0.25, -0.2) is 13.6 Å². The van der Waals surface area contributed by atoms with Gasteiger partial charge in [-0.1, -0.05) is 0 Å². The van der Waals surface area contributed by atoms with Gasteiger partial charge in [-0.3, -0.25) is 0 Å². The molecule has 0 spiro atoms. The lowest BCUT2D eigenvalue weighted by atomic mass is 9.95. The zero-order valence-electron chi connectivity index (χ0n) is 9.80. The molecule has 0 aliphatic carbocycles. The molecule has 0 aliphatic heterocycles. The average molecular weight is 227 g/mol. The number of benzene rings is 1. The van der Waals surface area contributed by atoms with Crippen molar-refractivity contribution >= 4 is 10.0 Å². The maximum absolute atomic E-state index is 11.5. The van der Waals surface area contributed by atoms with Gasteiger partial charge in [0, 0.05) is 0 Å². The first-order chi connectivity index (χ1) is 6.68. The van der Waals surface area contributed by atoms with Gasteiger partial charge in [-0.2, -0.15) is 0 Å². The summed E-state index contributed by atoms with van der Waals surface area (Å²) < 4.78 is 22.9. The standard InChI is InChI=1S/C11H17NO2S/c1-6-7(2)9(4)11(15(12,13)14)10(5)8(6)3/h1-5H3,(H2,12,13,14). The second kappa shape index (κ2) is 3.61. The number of sulfonamides is 1. The van der Waals surface area contributed by atoms with Crippen molar-refractivity contribution in [3.05, 3.63) is 27.8 Å². The highest BCUT2D eigenvalue weighted by Gasteiger charge is 2.19. The predicted molar refractivity (Wildman–Crippen MR) is 61.5 cm³/mol. The summed E-state index contributed by atoms with van der Waals surface area (Å²) in [5.74, 6) is 0. The Balaban J connectivity index is 3.84. The number of hydrogen-bond acceptors (Lipinski definition) is 2. The molecule has 1 aromatic carbocycles. The summed E-state index contributed by atoms with van der Waals surface area (Å²) in [7, 11) is -3.63. The SMILES string of the molecule is Cc1c(C)c(C)c(S(N)(=O)=O)c(C)c1C. The Hall–Kier alpha value is -0.870. The summed E-state index contributed by atoms with van der Waals surface area (Å²) in [6.45, 7) is 9.44. The third kappa shape index (κ3) is 1.92. The minimum Gasteiger partial charge on any atom is -0.225 e. The monoisotopic (exact) mass is 227 g/mol. The van der Waals surface area contributed by atoms with Crippen LogP contribution in [0.25, 0.3) is 0 Å². The molecular weight excluding hydrogens is 210 g/mol. The largest absolute Gasteiger partial charge is 0.238 e. The van der Waals surface area contributed by atoms with Crippen molar-refractivity contribution < 1.29 is 8.42 Å². The minimum atomic E-state index is -3.63. The molecule has 0 heterocycles. The van der Waals surface area contributed by atoms with E-state index in [0.29, 0.717) is 0 Å². The van der Waals surface area contributed by atoms with Crippen molar-refractivity contribution in [2.75, 3.05) is 0 Å². The second-order valence-corrected chi connectivity index (χ2v) is 5.50. The smallest absolute Gasteiger partial charge is 0.225 e. The first-order valence-corrected chi connectivity index (χ1v) is 6.32. The van der Waals surface area contributed by atoms with Gasteiger partial charge >= 0.3 is 0 Å². The van der Waals surface area contributed by atoms with E-state index in [1.807, 2.05) is 20.8 Å². The summed E-state index contributed by atoms with van der Waals surface area (Å²) in [4.78, 5) is 0.281. The highest BCUT2D eigenvalue weighted by atomic mass is 32.2. The third-order valence-electron chi connectivity index (χ3n) is 3.22. The summed E-state index contributed by atoms with van der Waals surface area (Å²) in [5, 5.41) is 5.22. The van der Waals surface area contributed by atoms with Gasteiger partial charge in [0.15, 0.2) is 0 Å². The Bertz CT molecular complexity index is 487. The molecule has 1 rings (SSSR count). The summed E-state index contributed by atoms with van der Waals surface area (Å²) >= 11 is 0. The molecule has 3 nitrogen and oxygen atoms in total. The predicted octanol–water partition coefficient (Wildman–Crippen LogP) is 1.88. The summed E-state index contributed by atoms with van der Waals surface area (Å²) in [6, 6.07) is 0. The Morgan fingerprint density at radius 3 is 1.27 bits per heavy atom. The van der Waals surface area contributed by atoms with Crippen LogP contribution in [0.1, 0.15) is 27.8 Å². The maximum atomic E-state index is 11.5. The molecule has 0 unspecified atom stereocenters. The van der Waals surface area contributed by atoms with Crippen molar-refractivity contribution in [1.82, 2.24) is 0 Å². The molecule has 84 valence electrons. The number of rotatable bonds is 1. The molecule has 4 heteroatoms. The molecular formula is C11H17NO2S. The van der Waals surface area contributed by atoms with E-state index >= 15 is 0 Å². The van der Waals surface area contributed by atoms with Crippen LogP contribution < -0.4 is 5.14 Å². The average Bonchev–Trinajstić information content (AvgIpc) is 2.09. The van der Waals surface area contributed by atoms with Gasteiger partial charge in [0.25, 0.3) is 0 Å². The number of hydrogen-bond donors (Lipinski definition) is 1. The van der Waals surface area contributed by atoms with Crippen LogP contribution in [-0.4, -0.2) is 8.42 Å². The number of nitrogens with two attached hydrogens (primary N) is 1. The normalized spacial score (nSPS) is 11.9. The molecule has 0 atom stereocenters. The van der Waals surface area contributed by atoms with Crippen LogP contribution in [0.3, 0.4) is 0 Å². The molecule has 0 aromatic heterocycles. The molecule has 0 bridgehead atoms. The summed E-state index contributed by atoms with van der Waals surface area (Å²) in [5.41, 5.74) is 4.66. The molecule has 0 radical (unpaired) electrons. The fourth-order valence-electron chi connectivity index (χ4n) is 1.89. The van der Waals surface area contributed by atoms with Crippen molar-refractivity contribution in [3.63, 3.8) is 0 Å². The van der Waals surface area contributed by atoms with Gasteiger partial charge in [-0.05, 0) is 62.4 Å². The lowest BCUT2D eigenvalue weighted by Crippen LogP contribution is -2.17. The lowest BCUT2D eigenvalue weighted by molar-refractivity contribution is 0.596. The lowest BCUT2D eigenvalue weighted by Gasteiger charge is -2.16. The van der Waals surface area contributed by atoms with Crippen molar-refractivity contribution in [2.45, 2.75) is 39.5 Å². The van der Waals surface area contributed by atoms with E-state index in [0.717, 1.165) is 27.8 Å². The van der Waals surface area contributed by atoms with Crippen LogP contribution in [0.5, 0.6) is 0 Å². The Morgan fingerprint density at radius 1 is 0.733 bits per heavy atom. The molecule has 0 aliphatic rings. The zero-order chi connectivity index (χ0) is 12.0. The molecule has 0 fully saturated rings. The van der Waals surface area contributed by atoms with E-state index in [1.165, 1.54) is 0 Å². The number of primary sulfonamides is 1.